The number of carbonyl (C=O) groups excluding carboxylic acids is 1. The molecule has 0 aromatic rings. The molecule has 0 bridgehead atoms. The van der Waals surface area contributed by atoms with Crippen LogP contribution < -0.4 is 0 Å². The number of ether oxygens (including phenoxy) is 1. The van der Waals surface area contributed by atoms with E-state index in [2.05, 4.69) is 23.5 Å². The van der Waals surface area contributed by atoms with E-state index in [4.69, 9.17) is 0 Å². The van der Waals surface area contributed by atoms with Gasteiger partial charge in [-0.05, 0) is 32.5 Å². The lowest BCUT2D eigenvalue weighted by atomic mass is 10.1. The molecular weight excluding hydrogens is 238 g/mol. The Labute approximate surface area is 119 Å². The van der Waals surface area contributed by atoms with Crippen molar-refractivity contribution in [1.82, 2.24) is 4.90 Å². The van der Waals surface area contributed by atoms with Crippen molar-refractivity contribution in [1.29, 1.82) is 0 Å². The van der Waals surface area contributed by atoms with Gasteiger partial charge in [0, 0.05) is 0 Å². The first kappa shape index (κ1) is 18.4. The lowest BCUT2D eigenvalue weighted by Gasteiger charge is -2.17. The second kappa shape index (κ2) is 15.5. The van der Waals surface area contributed by atoms with Crippen molar-refractivity contribution in [2.45, 2.75) is 71.6 Å². The number of hydrogen-bond acceptors (Lipinski definition) is 3. The van der Waals surface area contributed by atoms with Gasteiger partial charge in [-0.15, -0.1) is 0 Å². The summed E-state index contributed by atoms with van der Waals surface area (Å²) in [7, 11) is 0. The highest BCUT2D eigenvalue weighted by atomic mass is 16.5. The average molecular weight is 271 g/mol. The summed E-state index contributed by atoms with van der Waals surface area (Å²) in [4.78, 5) is 12.4. The van der Waals surface area contributed by atoms with E-state index in [1.165, 1.54) is 71.0 Å². The van der Waals surface area contributed by atoms with E-state index in [-0.39, 0.29) is 0 Å². The van der Waals surface area contributed by atoms with Gasteiger partial charge < -0.3 is 9.64 Å². The van der Waals surface area contributed by atoms with E-state index in [0.717, 1.165) is 6.42 Å². The van der Waals surface area contributed by atoms with Crippen molar-refractivity contribution >= 4 is 6.47 Å². The normalized spacial score (nSPS) is 10.9. The molecule has 0 aliphatic carbocycles. The average Bonchev–Trinajstić information content (AvgIpc) is 2.44. The highest BCUT2D eigenvalue weighted by Crippen LogP contribution is 2.10. The van der Waals surface area contributed by atoms with Gasteiger partial charge in [0.05, 0.1) is 6.61 Å². The van der Waals surface area contributed by atoms with Gasteiger partial charge in [-0.2, -0.15) is 0 Å². The topological polar surface area (TPSA) is 29.5 Å². The van der Waals surface area contributed by atoms with Crippen LogP contribution in [0.15, 0.2) is 0 Å². The van der Waals surface area contributed by atoms with Crippen LogP contribution in [-0.4, -0.2) is 37.6 Å². The molecule has 0 heterocycles. The number of unbranched alkanes of at least 4 members (excludes halogenated alkanes) is 8. The van der Waals surface area contributed by atoms with Crippen LogP contribution in [0.1, 0.15) is 71.6 Å². The van der Waals surface area contributed by atoms with Crippen LogP contribution in [0.5, 0.6) is 0 Å². The first-order valence-corrected chi connectivity index (χ1v) is 8.12. The molecule has 0 N–H and O–H groups in total. The van der Waals surface area contributed by atoms with Gasteiger partial charge >= 0.3 is 0 Å². The third kappa shape index (κ3) is 13.7. The minimum Gasteiger partial charge on any atom is -0.468 e. The number of nitrogens with zero attached hydrogens (tertiary/aromatic N) is 1. The summed E-state index contributed by atoms with van der Waals surface area (Å²) < 4.78 is 4.66. The van der Waals surface area contributed by atoms with E-state index < -0.39 is 0 Å². The minimum absolute atomic E-state index is 0.540. The molecule has 0 aliphatic heterocycles. The van der Waals surface area contributed by atoms with E-state index in [9.17, 15) is 4.79 Å². The Morgan fingerprint density at radius 2 is 1.26 bits per heavy atom. The zero-order valence-electron chi connectivity index (χ0n) is 13.0. The summed E-state index contributed by atoms with van der Waals surface area (Å²) in [6, 6.07) is 0. The van der Waals surface area contributed by atoms with E-state index in [1.807, 2.05) is 0 Å². The number of rotatable bonds is 15. The number of hydrogen-bond donors (Lipinski definition) is 0. The lowest BCUT2D eigenvalue weighted by molar-refractivity contribution is -0.128. The summed E-state index contributed by atoms with van der Waals surface area (Å²) >= 11 is 0. The Bertz CT molecular complexity index is 182. The molecule has 0 unspecified atom stereocenters. The predicted octanol–water partition coefficient (Wildman–Crippen LogP) is 4.01. The van der Waals surface area contributed by atoms with Crippen molar-refractivity contribution in [2.24, 2.45) is 0 Å². The maximum atomic E-state index is 9.92. The maximum Gasteiger partial charge on any atom is 0.293 e. The van der Waals surface area contributed by atoms with Crippen LogP contribution in [0.25, 0.3) is 0 Å². The molecule has 0 spiro atoms. The molecule has 0 aliphatic rings. The molecule has 3 nitrogen and oxygen atoms in total. The molecular formula is C16H33NO2. The largest absolute Gasteiger partial charge is 0.468 e. The monoisotopic (exact) mass is 271 g/mol. The van der Waals surface area contributed by atoms with Gasteiger partial charge in [0.2, 0.25) is 0 Å². The second-order valence-corrected chi connectivity index (χ2v) is 5.18. The van der Waals surface area contributed by atoms with E-state index >= 15 is 0 Å². The van der Waals surface area contributed by atoms with E-state index in [1.54, 1.807) is 0 Å². The molecule has 3 heteroatoms. The molecule has 0 saturated carbocycles. The molecule has 0 atom stereocenters. The van der Waals surface area contributed by atoms with Crippen molar-refractivity contribution < 1.29 is 9.53 Å². The first-order valence-electron chi connectivity index (χ1n) is 8.12. The summed E-state index contributed by atoms with van der Waals surface area (Å²) in [5, 5.41) is 0. The molecule has 19 heavy (non-hydrogen) atoms. The smallest absolute Gasteiger partial charge is 0.293 e. The van der Waals surface area contributed by atoms with Crippen LogP contribution in [-0.2, 0) is 9.53 Å². The summed E-state index contributed by atoms with van der Waals surface area (Å²) in [5.74, 6) is 0. The van der Waals surface area contributed by atoms with Gasteiger partial charge in [0.25, 0.3) is 6.47 Å². The maximum absolute atomic E-state index is 9.92. The lowest BCUT2D eigenvalue weighted by Crippen LogP contribution is -2.23. The molecule has 0 aromatic carbocycles. The molecule has 0 radical (unpaired) electrons. The Kier molecular flexibility index (Phi) is 15.0. The third-order valence-electron chi connectivity index (χ3n) is 3.70. The molecule has 0 saturated heterocycles. The summed E-state index contributed by atoms with van der Waals surface area (Å²) in [6.07, 6.45) is 11.7. The van der Waals surface area contributed by atoms with Gasteiger partial charge in [-0.3, -0.25) is 4.79 Å². The van der Waals surface area contributed by atoms with Crippen LogP contribution in [0.2, 0.25) is 0 Å². The fourth-order valence-corrected chi connectivity index (χ4v) is 2.35. The van der Waals surface area contributed by atoms with Gasteiger partial charge in [0.15, 0.2) is 0 Å². The number of carbonyl (C=O) groups is 1. The van der Waals surface area contributed by atoms with Crippen molar-refractivity contribution in [3.05, 3.63) is 0 Å². The first-order chi connectivity index (χ1) is 9.35. The SMILES string of the molecule is CCN(CC)CCCCCCCCCCCOC=O. The van der Waals surface area contributed by atoms with Crippen LogP contribution in [0, 0.1) is 0 Å². The van der Waals surface area contributed by atoms with Gasteiger partial charge in [0.1, 0.15) is 0 Å². The van der Waals surface area contributed by atoms with Crippen LogP contribution in [0.4, 0.5) is 0 Å². The standard InChI is InChI=1S/C16H33NO2/c1-3-17(4-2)14-12-10-8-6-5-7-9-11-13-15-19-16-18/h16H,3-15H2,1-2H3. The third-order valence-corrected chi connectivity index (χ3v) is 3.70. The van der Waals surface area contributed by atoms with E-state index in [0.29, 0.717) is 13.1 Å². The Balaban J connectivity index is 3.04. The fraction of sp³-hybridized carbons (Fsp3) is 0.938. The molecule has 0 rings (SSSR count). The predicted molar refractivity (Wildman–Crippen MR) is 81.4 cm³/mol. The molecule has 0 amide bonds. The second-order valence-electron chi connectivity index (χ2n) is 5.18. The Hall–Kier alpha value is -0.570. The van der Waals surface area contributed by atoms with Crippen LogP contribution >= 0.6 is 0 Å². The van der Waals surface area contributed by atoms with Crippen molar-refractivity contribution in [3.8, 4) is 0 Å². The highest BCUT2D eigenvalue weighted by Gasteiger charge is 1.98. The van der Waals surface area contributed by atoms with Gasteiger partial charge in [-0.1, -0.05) is 58.8 Å². The zero-order valence-corrected chi connectivity index (χ0v) is 13.0. The molecule has 0 aromatic heterocycles. The Morgan fingerprint density at radius 1 is 0.789 bits per heavy atom. The van der Waals surface area contributed by atoms with Crippen molar-refractivity contribution in [2.75, 3.05) is 26.2 Å². The highest BCUT2D eigenvalue weighted by molar-refractivity contribution is 5.36. The molecule has 114 valence electrons. The summed E-state index contributed by atoms with van der Waals surface area (Å²) in [5.41, 5.74) is 0. The minimum atomic E-state index is 0.540. The quantitative estimate of drug-likeness (QED) is 0.333. The molecule has 0 fully saturated rings. The fourth-order valence-electron chi connectivity index (χ4n) is 2.35. The Morgan fingerprint density at radius 3 is 1.74 bits per heavy atom. The summed E-state index contributed by atoms with van der Waals surface area (Å²) in [6.45, 7) is 9.25. The van der Waals surface area contributed by atoms with Crippen molar-refractivity contribution in [3.63, 3.8) is 0 Å². The van der Waals surface area contributed by atoms with Crippen LogP contribution in [0.3, 0.4) is 0 Å². The van der Waals surface area contributed by atoms with Gasteiger partial charge in [-0.25, -0.2) is 0 Å². The zero-order chi connectivity index (χ0) is 14.2.